The Morgan fingerprint density at radius 2 is 1.09 bits per heavy atom. The van der Waals surface area contributed by atoms with Crippen molar-refractivity contribution < 1.29 is 0 Å². The summed E-state index contributed by atoms with van der Waals surface area (Å²) >= 11 is 2.06. The summed E-state index contributed by atoms with van der Waals surface area (Å²) in [7, 11) is 0. The van der Waals surface area contributed by atoms with E-state index in [1.807, 2.05) is 0 Å². The van der Waals surface area contributed by atoms with Crippen molar-refractivity contribution in [1.82, 2.24) is 0 Å². The van der Waals surface area contributed by atoms with Gasteiger partial charge in [-0.05, 0) is 29.9 Å². The highest BCUT2D eigenvalue weighted by molar-refractivity contribution is 7.99. The first-order valence-electron chi connectivity index (χ1n) is 4.62. The average Bonchev–Trinajstić information content (AvgIpc) is 2.17. The zero-order valence-electron chi connectivity index (χ0n) is 8.29. The van der Waals surface area contributed by atoms with Gasteiger partial charge >= 0.3 is 0 Å². The molecule has 5 atom stereocenters. The van der Waals surface area contributed by atoms with E-state index in [9.17, 15) is 0 Å². The zero-order valence-corrected chi connectivity index (χ0v) is 9.11. The fourth-order valence-corrected chi connectivity index (χ4v) is 3.82. The van der Waals surface area contributed by atoms with E-state index >= 15 is 0 Å². The maximum absolute atomic E-state index is 2.41. The van der Waals surface area contributed by atoms with Crippen molar-refractivity contribution in [2.45, 2.75) is 32.9 Å². The average molecular weight is 172 g/mol. The zero-order chi connectivity index (χ0) is 8.59. The maximum Gasteiger partial charge on any atom is 0.0101 e. The van der Waals surface area contributed by atoms with Crippen molar-refractivity contribution in [3.63, 3.8) is 0 Å². The molecule has 0 heterocycles. The first-order valence-corrected chi connectivity index (χ1v) is 5.91. The smallest absolute Gasteiger partial charge is 0.0101 e. The number of hydrogen-bond donors (Lipinski definition) is 0. The Kier molecular flexibility index (Phi) is 2.90. The van der Waals surface area contributed by atoms with Crippen LogP contribution in [0.2, 0.25) is 0 Å². The largest absolute Gasteiger partial charge is 0.161 e. The Morgan fingerprint density at radius 1 is 0.727 bits per heavy atom. The Morgan fingerprint density at radius 3 is 1.27 bits per heavy atom. The molecule has 0 aromatic heterocycles. The van der Waals surface area contributed by atoms with Crippen LogP contribution in [-0.4, -0.2) is 11.5 Å². The minimum absolute atomic E-state index is 0.903. The number of hydrogen-bond acceptors (Lipinski definition) is 1. The predicted molar refractivity (Wildman–Crippen MR) is 54.0 cm³/mol. The molecule has 0 aromatic rings. The molecule has 0 bridgehead atoms. The Bertz CT molecular complexity index is 119. The van der Waals surface area contributed by atoms with Crippen LogP contribution in [-0.2, 0) is 0 Å². The van der Waals surface area contributed by atoms with Crippen LogP contribution in [0, 0.1) is 23.7 Å². The van der Waals surface area contributed by atoms with Gasteiger partial charge in [0, 0.05) is 5.25 Å². The normalized spacial score (nSPS) is 51.5. The highest BCUT2D eigenvalue weighted by atomic mass is 32.2. The molecule has 0 saturated heterocycles. The molecule has 11 heavy (non-hydrogen) atoms. The maximum atomic E-state index is 2.41. The topological polar surface area (TPSA) is 0 Å². The fourth-order valence-electron chi connectivity index (χ4n) is 2.46. The third-order valence-electron chi connectivity index (χ3n) is 3.80. The van der Waals surface area contributed by atoms with Gasteiger partial charge in [-0.2, -0.15) is 11.8 Å². The summed E-state index contributed by atoms with van der Waals surface area (Å²) in [5, 5.41) is 0.903. The van der Waals surface area contributed by atoms with Gasteiger partial charge in [0.25, 0.3) is 0 Å². The molecule has 0 N–H and O–H groups in total. The highest BCUT2D eigenvalue weighted by Gasteiger charge is 2.40. The molecule has 1 unspecified atom stereocenters. The standard InChI is InChI=1S/C10H20S/c1-6-7(2)9(4)10(11-5)8(6)3/h6-10H,1-5H3/t6-,7?,8-,9-,10+/m1/s1. The molecule has 66 valence electrons. The van der Waals surface area contributed by atoms with Crippen LogP contribution < -0.4 is 0 Å². The van der Waals surface area contributed by atoms with Crippen LogP contribution in [0.15, 0.2) is 0 Å². The molecular formula is C10H20S. The van der Waals surface area contributed by atoms with E-state index in [1.54, 1.807) is 0 Å². The van der Waals surface area contributed by atoms with Crippen LogP contribution in [0.3, 0.4) is 0 Å². The van der Waals surface area contributed by atoms with Gasteiger partial charge in [-0.25, -0.2) is 0 Å². The van der Waals surface area contributed by atoms with Crippen molar-refractivity contribution in [3.8, 4) is 0 Å². The van der Waals surface area contributed by atoms with E-state index in [2.05, 4.69) is 45.7 Å². The minimum Gasteiger partial charge on any atom is -0.161 e. The van der Waals surface area contributed by atoms with Crippen molar-refractivity contribution in [2.24, 2.45) is 23.7 Å². The SMILES string of the molecule is CS[C@H]1[C@H](C)[C@H](C)C(C)[C@H]1C. The molecule has 1 rings (SSSR count). The van der Waals surface area contributed by atoms with Crippen molar-refractivity contribution in [2.75, 3.05) is 6.26 Å². The Balaban J connectivity index is 2.69. The van der Waals surface area contributed by atoms with Crippen molar-refractivity contribution in [1.29, 1.82) is 0 Å². The second kappa shape index (κ2) is 3.38. The lowest BCUT2D eigenvalue weighted by molar-refractivity contribution is 0.352. The van der Waals surface area contributed by atoms with Crippen LogP contribution in [0.1, 0.15) is 27.7 Å². The third kappa shape index (κ3) is 1.44. The van der Waals surface area contributed by atoms with E-state index in [0.29, 0.717) is 0 Å². The Labute approximate surface area is 75.1 Å². The second-order valence-corrected chi connectivity index (χ2v) is 5.15. The quantitative estimate of drug-likeness (QED) is 0.585. The van der Waals surface area contributed by atoms with E-state index in [0.717, 1.165) is 28.9 Å². The molecule has 0 aromatic carbocycles. The van der Waals surface area contributed by atoms with Crippen molar-refractivity contribution >= 4 is 11.8 Å². The summed E-state index contributed by atoms with van der Waals surface area (Å²) in [5.74, 6) is 3.66. The van der Waals surface area contributed by atoms with E-state index in [1.165, 1.54) is 0 Å². The highest BCUT2D eigenvalue weighted by Crippen LogP contribution is 2.45. The molecule has 0 spiro atoms. The minimum atomic E-state index is 0.903. The summed E-state index contributed by atoms with van der Waals surface area (Å²) in [6.07, 6.45) is 2.25. The van der Waals surface area contributed by atoms with Crippen LogP contribution in [0.4, 0.5) is 0 Å². The van der Waals surface area contributed by atoms with Gasteiger partial charge in [-0.1, -0.05) is 27.7 Å². The van der Waals surface area contributed by atoms with Gasteiger partial charge in [0.1, 0.15) is 0 Å². The van der Waals surface area contributed by atoms with Gasteiger partial charge in [0.15, 0.2) is 0 Å². The van der Waals surface area contributed by atoms with Gasteiger partial charge in [0.05, 0.1) is 0 Å². The third-order valence-corrected chi connectivity index (χ3v) is 5.20. The summed E-state index contributed by atoms with van der Waals surface area (Å²) in [6, 6.07) is 0. The number of thioether (sulfide) groups is 1. The van der Waals surface area contributed by atoms with Crippen LogP contribution in [0.25, 0.3) is 0 Å². The lowest BCUT2D eigenvalue weighted by Crippen LogP contribution is -2.14. The van der Waals surface area contributed by atoms with Gasteiger partial charge in [-0.15, -0.1) is 0 Å². The van der Waals surface area contributed by atoms with Gasteiger partial charge in [0.2, 0.25) is 0 Å². The lowest BCUT2D eigenvalue weighted by atomic mass is 9.92. The van der Waals surface area contributed by atoms with E-state index in [4.69, 9.17) is 0 Å². The lowest BCUT2D eigenvalue weighted by Gasteiger charge is -2.17. The molecule has 0 aliphatic heterocycles. The summed E-state index contributed by atoms with van der Waals surface area (Å²) in [5.41, 5.74) is 0. The summed E-state index contributed by atoms with van der Waals surface area (Å²) in [6.45, 7) is 9.63. The predicted octanol–water partition coefficient (Wildman–Crippen LogP) is 3.28. The summed E-state index contributed by atoms with van der Waals surface area (Å²) in [4.78, 5) is 0. The summed E-state index contributed by atoms with van der Waals surface area (Å²) < 4.78 is 0. The first-order chi connectivity index (χ1) is 5.09. The first kappa shape index (κ1) is 9.44. The van der Waals surface area contributed by atoms with E-state index < -0.39 is 0 Å². The molecule has 0 amide bonds. The number of rotatable bonds is 1. The van der Waals surface area contributed by atoms with Crippen LogP contribution in [0.5, 0.6) is 0 Å². The van der Waals surface area contributed by atoms with Gasteiger partial charge in [-0.3, -0.25) is 0 Å². The molecule has 1 heteroatoms. The van der Waals surface area contributed by atoms with E-state index in [-0.39, 0.29) is 0 Å². The van der Waals surface area contributed by atoms with Gasteiger partial charge < -0.3 is 0 Å². The Hall–Kier alpha value is 0.350. The van der Waals surface area contributed by atoms with Crippen LogP contribution >= 0.6 is 11.8 Å². The molecule has 1 aliphatic carbocycles. The molecule has 0 radical (unpaired) electrons. The molecular weight excluding hydrogens is 152 g/mol. The van der Waals surface area contributed by atoms with Crippen molar-refractivity contribution in [3.05, 3.63) is 0 Å². The molecule has 0 nitrogen and oxygen atoms in total. The molecule has 1 aliphatic rings. The monoisotopic (exact) mass is 172 g/mol. The second-order valence-electron chi connectivity index (χ2n) is 4.14. The molecule has 1 fully saturated rings. The fraction of sp³-hybridized carbons (Fsp3) is 1.00. The molecule has 1 saturated carbocycles.